The van der Waals surface area contributed by atoms with Gasteiger partial charge in [-0.15, -0.1) is 0 Å². The molecule has 1 aliphatic rings. The van der Waals surface area contributed by atoms with Crippen molar-refractivity contribution in [3.05, 3.63) is 0 Å². The Morgan fingerprint density at radius 2 is 1.78 bits per heavy atom. The van der Waals surface area contributed by atoms with Crippen LogP contribution < -0.4 is 0 Å². The second-order valence-electron chi connectivity index (χ2n) is 7.46. The van der Waals surface area contributed by atoms with Crippen molar-refractivity contribution in [1.82, 2.24) is 4.90 Å². The molecule has 0 aliphatic carbocycles. The van der Waals surface area contributed by atoms with E-state index in [9.17, 15) is 5.11 Å². The van der Waals surface area contributed by atoms with Gasteiger partial charge in [-0.2, -0.15) is 0 Å². The maximum Gasteiger partial charge on any atom is 0.0575 e. The van der Waals surface area contributed by atoms with Crippen LogP contribution in [0.4, 0.5) is 0 Å². The van der Waals surface area contributed by atoms with Crippen molar-refractivity contribution in [3.8, 4) is 0 Å². The molecule has 2 atom stereocenters. The van der Waals surface area contributed by atoms with Gasteiger partial charge in [0.15, 0.2) is 0 Å². The molecule has 0 aromatic rings. The molecule has 1 fully saturated rings. The zero-order valence-corrected chi connectivity index (χ0v) is 13.1. The lowest BCUT2D eigenvalue weighted by molar-refractivity contribution is 0.0689. The highest BCUT2D eigenvalue weighted by atomic mass is 16.3. The van der Waals surface area contributed by atoms with Gasteiger partial charge in [-0.1, -0.05) is 34.6 Å². The summed E-state index contributed by atoms with van der Waals surface area (Å²) in [7, 11) is 0. The molecule has 0 aromatic heterocycles. The number of likely N-dealkylation sites (tertiary alicyclic amines) is 1. The Labute approximate surface area is 114 Å². The van der Waals surface area contributed by atoms with E-state index in [1.54, 1.807) is 0 Å². The Morgan fingerprint density at radius 1 is 1.22 bits per heavy atom. The standard InChI is InChI=1S/C16H33NO/c1-6-15(18)13(2)12-17-9-7-14(8-10-17)11-16(3,4)5/h13-15,18H,6-12H2,1-5H3. The third-order valence-corrected chi connectivity index (χ3v) is 4.23. The molecule has 1 aliphatic heterocycles. The fourth-order valence-electron chi connectivity index (χ4n) is 3.17. The van der Waals surface area contributed by atoms with Gasteiger partial charge in [-0.05, 0) is 56.0 Å². The molecule has 2 unspecified atom stereocenters. The predicted octanol–water partition coefficient (Wildman–Crippen LogP) is 3.54. The average Bonchev–Trinajstić information content (AvgIpc) is 2.28. The Bertz CT molecular complexity index is 226. The first kappa shape index (κ1) is 16.0. The second kappa shape index (κ2) is 6.91. The topological polar surface area (TPSA) is 23.5 Å². The summed E-state index contributed by atoms with van der Waals surface area (Å²) in [6.45, 7) is 14.8. The van der Waals surface area contributed by atoms with Crippen LogP contribution in [0.5, 0.6) is 0 Å². The van der Waals surface area contributed by atoms with E-state index in [2.05, 4.69) is 39.5 Å². The molecule has 1 heterocycles. The first-order chi connectivity index (χ1) is 8.31. The predicted molar refractivity (Wildman–Crippen MR) is 78.7 cm³/mol. The lowest BCUT2D eigenvalue weighted by Gasteiger charge is -2.36. The van der Waals surface area contributed by atoms with Crippen molar-refractivity contribution in [2.45, 2.75) is 66.4 Å². The van der Waals surface area contributed by atoms with Gasteiger partial charge >= 0.3 is 0 Å². The smallest absolute Gasteiger partial charge is 0.0575 e. The summed E-state index contributed by atoms with van der Waals surface area (Å²) >= 11 is 0. The molecular formula is C16H33NO. The molecular weight excluding hydrogens is 222 g/mol. The molecule has 1 saturated heterocycles. The molecule has 108 valence electrons. The van der Waals surface area contributed by atoms with Crippen molar-refractivity contribution in [2.24, 2.45) is 17.3 Å². The molecule has 1 N–H and O–H groups in total. The maximum absolute atomic E-state index is 9.84. The first-order valence-electron chi connectivity index (χ1n) is 7.72. The zero-order valence-electron chi connectivity index (χ0n) is 13.1. The fourth-order valence-corrected chi connectivity index (χ4v) is 3.17. The number of aliphatic hydroxyl groups is 1. The molecule has 0 radical (unpaired) electrons. The molecule has 0 amide bonds. The number of rotatable bonds is 5. The van der Waals surface area contributed by atoms with E-state index >= 15 is 0 Å². The molecule has 2 nitrogen and oxygen atoms in total. The molecule has 18 heavy (non-hydrogen) atoms. The number of aliphatic hydroxyl groups excluding tert-OH is 1. The number of piperidine rings is 1. The van der Waals surface area contributed by atoms with Crippen molar-refractivity contribution in [2.75, 3.05) is 19.6 Å². The van der Waals surface area contributed by atoms with E-state index in [0.717, 1.165) is 18.9 Å². The lowest BCUT2D eigenvalue weighted by Crippen LogP contribution is -2.39. The van der Waals surface area contributed by atoms with Crippen LogP contribution >= 0.6 is 0 Å². The van der Waals surface area contributed by atoms with Gasteiger partial charge in [-0.25, -0.2) is 0 Å². The fraction of sp³-hybridized carbons (Fsp3) is 1.00. The van der Waals surface area contributed by atoms with Crippen molar-refractivity contribution in [1.29, 1.82) is 0 Å². The van der Waals surface area contributed by atoms with Crippen LogP contribution in [0.1, 0.15) is 60.3 Å². The minimum Gasteiger partial charge on any atom is -0.393 e. The normalized spacial score (nSPS) is 23.0. The lowest BCUT2D eigenvalue weighted by atomic mass is 9.80. The summed E-state index contributed by atoms with van der Waals surface area (Å²) in [4.78, 5) is 2.54. The van der Waals surface area contributed by atoms with Gasteiger partial charge < -0.3 is 10.0 Å². The number of hydrogen-bond donors (Lipinski definition) is 1. The molecule has 0 aromatic carbocycles. The van der Waals surface area contributed by atoms with E-state index in [4.69, 9.17) is 0 Å². The minimum atomic E-state index is -0.128. The van der Waals surface area contributed by atoms with Crippen LogP contribution in [-0.2, 0) is 0 Å². The van der Waals surface area contributed by atoms with Crippen LogP contribution in [0.25, 0.3) is 0 Å². The average molecular weight is 255 g/mol. The van der Waals surface area contributed by atoms with Crippen LogP contribution in [0.15, 0.2) is 0 Å². The summed E-state index contributed by atoms with van der Waals surface area (Å²) in [6.07, 6.45) is 4.78. The third-order valence-electron chi connectivity index (χ3n) is 4.23. The summed E-state index contributed by atoms with van der Waals surface area (Å²) in [5, 5.41) is 9.84. The van der Waals surface area contributed by atoms with Gasteiger partial charge in [0.05, 0.1) is 6.10 Å². The Morgan fingerprint density at radius 3 is 2.22 bits per heavy atom. The van der Waals surface area contributed by atoms with Crippen molar-refractivity contribution >= 4 is 0 Å². The largest absolute Gasteiger partial charge is 0.393 e. The van der Waals surface area contributed by atoms with Crippen LogP contribution in [0.2, 0.25) is 0 Å². The van der Waals surface area contributed by atoms with Crippen molar-refractivity contribution in [3.63, 3.8) is 0 Å². The Balaban J connectivity index is 2.27. The van der Waals surface area contributed by atoms with Gasteiger partial charge in [0.2, 0.25) is 0 Å². The SMILES string of the molecule is CCC(O)C(C)CN1CCC(CC(C)(C)C)CC1. The maximum atomic E-state index is 9.84. The van der Waals surface area contributed by atoms with E-state index in [-0.39, 0.29) is 6.10 Å². The quantitative estimate of drug-likeness (QED) is 0.812. The Hall–Kier alpha value is -0.0800. The van der Waals surface area contributed by atoms with Crippen LogP contribution in [0.3, 0.4) is 0 Å². The van der Waals surface area contributed by atoms with Gasteiger partial charge in [0.1, 0.15) is 0 Å². The van der Waals surface area contributed by atoms with Crippen LogP contribution in [0, 0.1) is 17.3 Å². The van der Waals surface area contributed by atoms with E-state index in [1.807, 2.05) is 0 Å². The Kier molecular flexibility index (Phi) is 6.13. The van der Waals surface area contributed by atoms with Gasteiger partial charge in [0, 0.05) is 6.54 Å². The van der Waals surface area contributed by atoms with E-state index in [1.165, 1.54) is 32.4 Å². The molecule has 2 heteroatoms. The molecule has 0 spiro atoms. The highest BCUT2D eigenvalue weighted by Crippen LogP contribution is 2.31. The van der Waals surface area contributed by atoms with Crippen LogP contribution in [-0.4, -0.2) is 35.7 Å². The third kappa shape index (κ3) is 5.71. The second-order valence-corrected chi connectivity index (χ2v) is 7.46. The molecule has 0 saturated carbocycles. The van der Waals surface area contributed by atoms with E-state index < -0.39 is 0 Å². The van der Waals surface area contributed by atoms with Gasteiger partial charge in [0.25, 0.3) is 0 Å². The van der Waals surface area contributed by atoms with Gasteiger partial charge in [-0.3, -0.25) is 0 Å². The summed E-state index contributed by atoms with van der Waals surface area (Å²) in [6, 6.07) is 0. The van der Waals surface area contributed by atoms with Crippen molar-refractivity contribution < 1.29 is 5.11 Å². The van der Waals surface area contributed by atoms with E-state index in [0.29, 0.717) is 11.3 Å². The highest BCUT2D eigenvalue weighted by molar-refractivity contribution is 4.78. The summed E-state index contributed by atoms with van der Waals surface area (Å²) < 4.78 is 0. The monoisotopic (exact) mass is 255 g/mol. The highest BCUT2D eigenvalue weighted by Gasteiger charge is 2.25. The number of hydrogen-bond acceptors (Lipinski definition) is 2. The summed E-state index contributed by atoms with van der Waals surface area (Å²) in [5.74, 6) is 1.32. The minimum absolute atomic E-state index is 0.128. The first-order valence-corrected chi connectivity index (χ1v) is 7.72. The molecule has 1 rings (SSSR count). The summed E-state index contributed by atoms with van der Waals surface area (Å²) in [5.41, 5.74) is 0.471. The number of nitrogens with zero attached hydrogens (tertiary/aromatic N) is 1. The molecule has 0 bridgehead atoms. The zero-order chi connectivity index (χ0) is 13.8.